The second-order valence-electron chi connectivity index (χ2n) is 7.57. The van der Waals surface area contributed by atoms with Crippen LogP contribution in [0.2, 0.25) is 0 Å². The number of hydrogen-bond donors (Lipinski definition) is 0. The number of halogens is 2. The predicted octanol–water partition coefficient (Wildman–Crippen LogP) is 6.11. The number of benzene rings is 3. The number of hydrogen-bond acceptors (Lipinski definition) is 4. The van der Waals surface area contributed by atoms with Gasteiger partial charge in [-0.25, -0.2) is 8.78 Å². The van der Waals surface area contributed by atoms with Crippen LogP contribution >= 0.6 is 11.8 Å². The molecule has 4 nitrogen and oxygen atoms in total. The Labute approximate surface area is 189 Å². The Morgan fingerprint density at radius 1 is 0.906 bits per heavy atom. The second kappa shape index (κ2) is 9.04. The predicted molar refractivity (Wildman–Crippen MR) is 122 cm³/mol. The van der Waals surface area contributed by atoms with Crippen molar-refractivity contribution in [3.63, 3.8) is 0 Å². The van der Waals surface area contributed by atoms with Crippen LogP contribution in [0.3, 0.4) is 0 Å². The number of carbonyl (C=O) groups excluding carboxylic acids is 1. The van der Waals surface area contributed by atoms with E-state index < -0.39 is 11.6 Å². The van der Waals surface area contributed by atoms with E-state index in [9.17, 15) is 13.6 Å². The molecule has 0 saturated carbocycles. The van der Waals surface area contributed by atoms with Gasteiger partial charge in [0, 0.05) is 17.2 Å². The molecule has 0 fully saturated rings. The van der Waals surface area contributed by atoms with Crippen molar-refractivity contribution in [2.45, 2.75) is 25.9 Å². The second-order valence-corrected chi connectivity index (χ2v) is 8.51. The highest BCUT2D eigenvalue weighted by molar-refractivity contribution is 7.99. The third-order valence-electron chi connectivity index (χ3n) is 5.29. The number of rotatable bonds is 6. The van der Waals surface area contributed by atoms with E-state index >= 15 is 0 Å². The first-order valence-corrected chi connectivity index (χ1v) is 11.0. The lowest BCUT2D eigenvalue weighted by Gasteiger charge is -2.12. The molecule has 0 radical (unpaired) electrons. The summed E-state index contributed by atoms with van der Waals surface area (Å²) in [5.41, 5.74) is 4.59. The van der Waals surface area contributed by atoms with Gasteiger partial charge in [0.05, 0.1) is 11.4 Å². The Balaban J connectivity index is 1.71. The summed E-state index contributed by atoms with van der Waals surface area (Å²) in [4.78, 5) is 12.9. The third-order valence-corrected chi connectivity index (χ3v) is 6.22. The summed E-state index contributed by atoms with van der Waals surface area (Å²) >= 11 is 1.17. The molecule has 0 aliphatic carbocycles. The molecule has 1 aromatic heterocycles. The summed E-state index contributed by atoms with van der Waals surface area (Å²) < 4.78 is 29.7. The van der Waals surface area contributed by atoms with Crippen molar-refractivity contribution in [2.75, 3.05) is 5.75 Å². The lowest BCUT2D eigenvalue weighted by Crippen LogP contribution is -2.08. The van der Waals surface area contributed by atoms with Crippen molar-refractivity contribution in [1.82, 2.24) is 14.8 Å². The van der Waals surface area contributed by atoms with Gasteiger partial charge in [-0.3, -0.25) is 9.36 Å². The highest BCUT2D eigenvalue weighted by Crippen LogP contribution is 2.30. The Kier molecular flexibility index (Phi) is 6.19. The van der Waals surface area contributed by atoms with Crippen molar-refractivity contribution in [3.8, 4) is 17.1 Å². The van der Waals surface area contributed by atoms with Crippen molar-refractivity contribution in [1.29, 1.82) is 0 Å². The number of carbonyl (C=O) groups is 1. The highest BCUT2D eigenvalue weighted by atomic mass is 32.2. The summed E-state index contributed by atoms with van der Waals surface area (Å²) in [7, 11) is 0. The summed E-state index contributed by atoms with van der Waals surface area (Å²) in [6, 6.07) is 16.5. The van der Waals surface area contributed by atoms with Gasteiger partial charge in [0.15, 0.2) is 16.8 Å². The standard InChI is InChI=1S/C25H21F2N3OS/c1-15-11-17(3)20(12-16(15)2)23(31)14-32-25-29-28-24(18-7-5-4-6-8-18)30(25)22-10-9-19(26)13-21(22)27/h4-13H,14H2,1-3H3. The van der Waals surface area contributed by atoms with Crippen LogP contribution in [0.15, 0.2) is 65.8 Å². The van der Waals surface area contributed by atoms with Gasteiger partial charge >= 0.3 is 0 Å². The molecule has 32 heavy (non-hydrogen) atoms. The average Bonchev–Trinajstić information content (AvgIpc) is 3.19. The van der Waals surface area contributed by atoms with E-state index in [1.165, 1.54) is 28.5 Å². The molecule has 3 aromatic carbocycles. The van der Waals surface area contributed by atoms with E-state index in [1.54, 1.807) is 0 Å². The van der Waals surface area contributed by atoms with E-state index in [2.05, 4.69) is 10.2 Å². The fraction of sp³-hybridized carbons (Fsp3) is 0.160. The molecule has 0 atom stereocenters. The molecule has 0 bridgehead atoms. The SMILES string of the molecule is Cc1cc(C)c(C(=O)CSc2nnc(-c3ccccc3)n2-c2ccc(F)cc2F)cc1C. The smallest absolute Gasteiger partial charge is 0.196 e. The Hall–Kier alpha value is -3.32. The first kappa shape index (κ1) is 21.9. The topological polar surface area (TPSA) is 47.8 Å². The number of aromatic nitrogens is 3. The molecule has 1 heterocycles. The molecule has 162 valence electrons. The lowest BCUT2D eigenvalue weighted by atomic mass is 9.99. The van der Waals surface area contributed by atoms with E-state index in [0.29, 0.717) is 16.5 Å². The van der Waals surface area contributed by atoms with Crippen LogP contribution in [0.1, 0.15) is 27.0 Å². The molecule has 0 aliphatic heterocycles. The third kappa shape index (κ3) is 4.34. The van der Waals surface area contributed by atoms with Crippen LogP contribution in [0.4, 0.5) is 8.78 Å². The van der Waals surface area contributed by atoms with Crippen molar-refractivity contribution in [3.05, 3.63) is 94.6 Å². The summed E-state index contributed by atoms with van der Waals surface area (Å²) in [5, 5.41) is 8.81. The Morgan fingerprint density at radius 2 is 1.62 bits per heavy atom. The zero-order chi connectivity index (χ0) is 22.8. The molecule has 0 amide bonds. The number of aryl methyl sites for hydroxylation is 3. The van der Waals surface area contributed by atoms with Gasteiger partial charge in [-0.15, -0.1) is 10.2 Å². The fourth-order valence-electron chi connectivity index (χ4n) is 3.49. The van der Waals surface area contributed by atoms with E-state index in [-0.39, 0.29) is 17.2 Å². The molecule has 0 aliphatic rings. The van der Waals surface area contributed by atoms with Crippen LogP contribution < -0.4 is 0 Å². The average molecular weight is 450 g/mol. The monoisotopic (exact) mass is 449 g/mol. The minimum absolute atomic E-state index is 0.0500. The minimum Gasteiger partial charge on any atom is -0.293 e. The van der Waals surface area contributed by atoms with Gasteiger partial charge < -0.3 is 0 Å². The number of nitrogens with zero attached hydrogens (tertiary/aromatic N) is 3. The molecule has 0 spiro atoms. The van der Waals surface area contributed by atoms with Gasteiger partial charge in [-0.1, -0.05) is 48.2 Å². The molecule has 0 N–H and O–H groups in total. The zero-order valence-corrected chi connectivity index (χ0v) is 18.7. The van der Waals surface area contributed by atoms with E-state index in [0.717, 1.165) is 28.3 Å². The number of thioether (sulfide) groups is 1. The first-order valence-electron chi connectivity index (χ1n) is 10.0. The van der Waals surface area contributed by atoms with Crippen LogP contribution in [-0.2, 0) is 0 Å². The van der Waals surface area contributed by atoms with Crippen LogP contribution in [0.25, 0.3) is 17.1 Å². The summed E-state index contributed by atoms with van der Waals surface area (Å²) in [6.45, 7) is 5.89. The maximum absolute atomic E-state index is 14.7. The first-order chi connectivity index (χ1) is 15.3. The fourth-order valence-corrected chi connectivity index (χ4v) is 4.31. The minimum atomic E-state index is -0.736. The van der Waals surface area contributed by atoms with Gasteiger partial charge in [-0.05, 0) is 55.7 Å². The molecular weight excluding hydrogens is 428 g/mol. The summed E-state index contributed by atoms with van der Waals surface area (Å²) in [6.07, 6.45) is 0. The van der Waals surface area contributed by atoms with Crippen LogP contribution in [-0.4, -0.2) is 26.3 Å². The van der Waals surface area contributed by atoms with Crippen molar-refractivity contribution in [2.24, 2.45) is 0 Å². The quantitative estimate of drug-likeness (QED) is 0.263. The van der Waals surface area contributed by atoms with E-state index in [4.69, 9.17) is 0 Å². The Bertz CT molecular complexity index is 1300. The molecule has 0 saturated heterocycles. The zero-order valence-electron chi connectivity index (χ0n) is 17.9. The van der Waals surface area contributed by atoms with Gasteiger partial charge in [0.25, 0.3) is 0 Å². The molecule has 0 unspecified atom stereocenters. The van der Waals surface area contributed by atoms with Gasteiger partial charge in [0.1, 0.15) is 11.6 Å². The number of ketones is 1. The highest BCUT2D eigenvalue weighted by Gasteiger charge is 2.21. The molecule has 7 heteroatoms. The largest absolute Gasteiger partial charge is 0.293 e. The lowest BCUT2D eigenvalue weighted by molar-refractivity contribution is 0.102. The Morgan fingerprint density at radius 3 is 2.34 bits per heavy atom. The van der Waals surface area contributed by atoms with E-state index in [1.807, 2.05) is 63.2 Å². The number of Topliss-reactive ketones (excluding diaryl/α,β-unsaturated/α-hetero) is 1. The van der Waals surface area contributed by atoms with Gasteiger partial charge in [0.2, 0.25) is 0 Å². The normalized spacial score (nSPS) is 11.0. The molecule has 4 aromatic rings. The molecular formula is C25H21F2N3OS. The maximum atomic E-state index is 14.7. The van der Waals surface area contributed by atoms with Gasteiger partial charge in [-0.2, -0.15) is 0 Å². The van der Waals surface area contributed by atoms with Crippen molar-refractivity contribution < 1.29 is 13.6 Å². The van der Waals surface area contributed by atoms with Crippen LogP contribution in [0, 0.1) is 32.4 Å². The van der Waals surface area contributed by atoms with Crippen LogP contribution in [0.5, 0.6) is 0 Å². The summed E-state index contributed by atoms with van der Waals surface area (Å²) in [5.74, 6) is -0.936. The van der Waals surface area contributed by atoms with Crippen molar-refractivity contribution >= 4 is 17.5 Å². The maximum Gasteiger partial charge on any atom is 0.196 e. The molecule has 4 rings (SSSR count).